The summed E-state index contributed by atoms with van der Waals surface area (Å²) >= 11 is 0. The summed E-state index contributed by atoms with van der Waals surface area (Å²) in [7, 11) is 3.54. The largest absolute Gasteiger partial charge is 0.481 e. The molecule has 1 fully saturated rings. The van der Waals surface area contributed by atoms with E-state index in [-0.39, 0.29) is 0 Å². The van der Waals surface area contributed by atoms with Crippen LogP contribution in [0.3, 0.4) is 0 Å². The first-order chi connectivity index (χ1) is 11.7. The fourth-order valence-electron chi connectivity index (χ4n) is 2.82. The normalized spacial score (nSPS) is 17.0. The Balaban J connectivity index is 1.58. The number of nitrogens with one attached hydrogen (secondary N) is 1. The first-order valence-electron chi connectivity index (χ1n) is 8.31. The number of anilines is 1. The van der Waals surface area contributed by atoms with E-state index < -0.39 is 0 Å². The van der Waals surface area contributed by atoms with Gasteiger partial charge in [-0.05, 0) is 26.8 Å². The van der Waals surface area contributed by atoms with Gasteiger partial charge in [0.2, 0.25) is 17.7 Å². The first-order valence-corrected chi connectivity index (χ1v) is 8.31. The fraction of sp³-hybridized carbons (Fsp3) is 0.625. The third-order valence-corrected chi connectivity index (χ3v) is 4.42. The minimum Gasteiger partial charge on any atom is -0.481 e. The summed E-state index contributed by atoms with van der Waals surface area (Å²) in [5.74, 6) is 3.12. The van der Waals surface area contributed by atoms with E-state index in [1.165, 1.54) is 0 Å². The second-order valence-corrected chi connectivity index (χ2v) is 6.10. The first kappa shape index (κ1) is 16.6. The number of methoxy groups -OCH3 is 1. The highest BCUT2D eigenvalue weighted by molar-refractivity contribution is 5.32. The van der Waals surface area contributed by atoms with Crippen molar-refractivity contribution in [2.45, 2.75) is 38.1 Å². The molecule has 0 saturated carbocycles. The van der Waals surface area contributed by atoms with Crippen LogP contribution in [-0.4, -0.2) is 53.4 Å². The zero-order chi connectivity index (χ0) is 16.9. The van der Waals surface area contributed by atoms with Gasteiger partial charge in [0.1, 0.15) is 0 Å². The smallest absolute Gasteiger partial charge is 0.229 e. The van der Waals surface area contributed by atoms with Gasteiger partial charge in [0.25, 0.3) is 0 Å². The molecular weight excluding hydrogens is 308 g/mol. The third kappa shape index (κ3) is 3.81. The van der Waals surface area contributed by atoms with Gasteiger partial charge >= 0.3 is 0 Å². The molecule has 130 valence electrons. The lowest BCUT2D eigenvalue weighted by molar-refractivity contribution is 0.325. The van der Waals surface area contributed by atoms with E-state index in [9.17, 15) is 0 Å². The van der Waals surface area contributed by atoms with Crippen LogP contribution in [0.1, 0.15) is 37.4 Å². The molecule has 1 atom stereocenters. The molecule has 0 bridgehead atoms. The predicted octanol–water partition coefficient (Wildman–Crippen LogP) is 1.40. The van der Waals surface area contributed by atoms with E-state index in [1.807, 2.05) is 7.05 Å². The molecule has 0 spiro atoms. The van der Waals surface area contributed by atoms with Gasteiger partial charge in [-0.2, -0.15) is 9.97 Å². The number of rotatable bonds is 6. The third-order valence-electron chi connectivity index (χ3n) is 4.42. The maximum absolute atomic E-state index is 5.47. The molecule has 8 nitrogen and oxygen atoms in total. The number of likely N-dealkylation sites (N-methyl/N-ethyl adjacent to an activating group) is 1. The molecule has 1 N–H and O–H groups in total. The van der Waals surface area contributed by atoms with Crippen LogP contribution in [0, 0.1) is 0 Å². The summed E-state index contributed by atoms with van der Waals surface area (Å²) in [5, 5.41) is 7.28. The average Bonchev–Trinajstić information content (AvgIpc) is 3.10. The van der Waals surface area contributed by atoms with Crippen molar-refractivity contribution in [2.24, 2.45) is 0 Å². The van der Waals surface area contributed by atoms with E-state index in [0.29, 0.717) is 23.8 Å². The Morgan fingerprint density at radius 2 is 2.17 bits per heavy atom. The van der Waals surface area contributed by atoms with Crippen LogP contribution in [-0.2, 0) is 6.42 Å². The summed E-state index contributed by atoms with van der Waals surface area (Å²) in [5.41, 5.74) is 0. The second-order valence-electron chi connectivity index (χ2n) is 6.10. The highest BCUT2D eigenvalue weighted by Gasteiger charge is 2.26. The molecule has 1 aliphatic heterocycles. The fourth-order valence-corrected chi connectivity index (χ4v) is 2.82. The van der Waals surface area contributed by atoms with E-state index in [2.05, 4.69) is 37.2 Å². The average molecular weight is 332 g/mol. The van der Waals surface area contributed by atoms with Crippen LogP contribution in [0.5, 0.6) is 5.88 Å². The van der Waals surface area contributed by atoms with Crippen LogP contribution in [0.15, 0.2) is 16.8 Å². The molecule has 1 unspecified atom stereocenters. The Bertz CT molecular complexity index is 654. The van der Waals surface area contributed by atoms with Crippen LogP contribution < -0.4 is 15.0 Å². The molecule has 1 saturated heterocycles. The monoisotopic (exact) mass is 332 g/mol. The van der Waals surface area contributed by atoms with Gasteiger partial charge in [0, 0.05) is 43.7 Å². The SMILES string of the molecule is CNC(C)Cc1noc(C2CCN(c3nccc(OC)n3)CC2)n1. The Labute approximate surface area is 141 Å². The summed E-state index contributed by atoms with van der Waals surface area (Å²) in [6, 6.07) is 2.09. The molecular formula is C16H24N6O2. The second kappa shape index (κ2) is 7.57. The van der Waals surface area contributed by atoms with Gasteiger partial charge in [-0.3, -0.25) is 0 Å². The molecule has 8 heteroatoms. The zero-order valence-electron chi connectivity index (χ0n) is 14.4. The number of hydrogen-bond donors (Lipinski definition) is 1. The van der Waals surface area contributed by atoms with Crippen LogP contribution in [0.4, 0.5) is 5.95 Å². The molecule has 0 aromatic carbocycles. The van der Waals surface area contributed by atoms with Crippen LogP contribution >= 0.6 is 0 Å². The van der Waals surface area contributed by atoms with Gasteiger partial charge in [-0.15, -0.1) is 0 Å². The molecule has 0 radical (unpaired) electrons. The van der Waals surface area contributed by atoms with Gasteiger partial charge < -0.3 is 19.5 Å². The lowest BCUT2D eigenvalue weighted by Gasteiger charge is -2.30. The Kier molecular flexibility index (Phi) is 5.24. The maximum atomic E-state index is 5.47. The summed E-state index contributed by atoms with van der Waals surface area (Å²) in [6.45, 7) is 3.83. The number of nitrogens with zero attached hydrogens (tertiary/aromatic N) is 5. The summed E-state index contributed by atoms with van der Waals surface area (Å²) < 4.78 is 10.6. The van der Waals surface area contributed by atoms with Crippen molar-refractivity contribution in [1.82, 2.24) is 25.4 Å². The molecule has 2 aromatic heterocycles. The van der Waals surface area contributed by atoms with E-state index in [4.69, 9.17) is 9.26 Å². The van der Waals surface area contributed by atoms with Gasteiger partial charge in [-0.25, -0.2) is 4.98 Å². The Hall–Kier alpha value is -2.22. The topological polar surface area (TPSA) is 89.2 Å². The summed E-state index contributed by atoms with van der Waals surface area (Å²) in [4.78, 5) is 15.5. The van der Waals surface area contributed by atoms with Crippen molar-refractivity contribution in [3.8, 4) is 5.88 Å². The van der Waals surface area contributed by atoms with Crippen molar-refractivity contribution in [2.75, 3.05) is 32.1 Å². The Morgan fingerprint density at radius 3 is 2.88 bits per heavy atom. The van der Waals surface area contributed by atoms with E-state index in [1.54, 1.807) is 19.4 Å². The minimum absolute atomic E-state index is 0.304. The van der Waals surface area contributed by atoms with Crippen molar-refractivity contribution in [1.29, 1.82) is 0 Å². The molecule has 3 rings (SSSR count). The quantitative estimate of drug-likeness (QED) is 0.849. The van der Waals surface area contributed by atoms with Gasteiger partial charge in [0.05, 0.1) is 7.11 Å². The van der Waals surface area contributed by atoms with E-state index in [0.717, 1.165) is 44.1 Å². The van der Waals surface area contributed by atoms with E-state index >= 15 is 0 Å². The molecule has 1 aliphatic rings. The molecule has 24 heavy (non-hydrogen) atoms. The predicted molar refractivity (Wildman–Crippen MR) is 89.3 cm³/mol. The van der Waals surface area contributed by atoms with Crippen molar-refractivity contribution in [3.05, 3.63) is 24.0 Å². The molecule has 0 amide bonds. The number of ether oxygens (including phenoxy) is 1. The lowest BCUT2D eigenvalue weighted by atomic mass is 9.97. The number of piperidine rings is 1. The summed E-state index contributed by atoms with van der Waals surface area (Å²) in [6.07, 6.45) is 4.39. The van der Waals surface area contributed by atoms with Gasteiger partial charge in [0.15, 0.2) is 5.82 Å². The van der Waals surface area contributed by atoms with Gasteiger partial charge in [-0.1, -0.05) is 5.16 Å². The minimum atomic E-state index is 0.304. The zero-order valence-corrected chi connectivity index (χ0v) is 14.4. The standard InChI is InChI=1S/C16H24N6O2/c1-11(17-2)10-13-19-15(24-21-13)12-5-8-22(9-6-12)16-18-7-4-14(20-16)23-3/h4,7,11-12,17H,5-6,8-10H2,1-3H3. The van der Waals surface area contributed by atoms with Crippen LogP contribution in [0.2, 0.25) is 0 Å². The van der Waals surface area contributed by atoms with Crippen molar-refractivity contribution in [3.63, 3.8) is 0 Å². The van der Waals surface area contributed by atoms with Crippen LogP contribution in [0.25, 0.3) is 0 Å². The Morgan fingerprint density at radius 1 is 1.38 bits per heavy atom. The maximum Gasteiger partial charge on any atom is 0.229 e. The molecule has 3 heterocycles. The highest BCUT2D eigenvalue weighted by atomic mass is 16.5. The molecule has 2 aromatic rings. The number of aromatic nitrogens is 4. The highest BCUT2D eigenvalue weighted by Crippen LogP contribution is 2.28. The molecule has 0 aliphatic carbocycles. The lowest BCUT2D eigenvalue weighted by Crippen LogP contribution is -2.34. The number of hydrogen-bond acceptors (Lipinski definition) is 8. The van der Waals surface area contributed by atoms with Crippen molar-refractivity contribution >= 4 is 5.95 Å². The van der Waals surface area contributed by atoms with Crippen molar-refractivity contribution < 1.29 is 9.26 Å².